The lowest BCUT2D eigenvalue weighted by molar-refractivity contribution is -0.292. The van der Waals surface area contributed by atoms with Crippen molar-refractivity contribution in [1.82, 2.24) is 19.5 Å². The van der Waals surface area contributed by atoms with Crippen LogP contribution >= 0.6 is 15.6 Å². The average molecular weight is 647 g/mol. The molecule has 1 aliphatic carbocycles. The van der Waals surface area contributed by atoms with Gasteiger partial charge in [0.1, 0.15) is 42.4 Å². The maximum atomic E-state index is 15.6. The Morgan fingerprint density at radius 3 is 2.55 bits per heavy atom. The minimum absolute atomic E-state index is 0.0410. The van der Waals surface area contributed by atoms with Gasteiger partial charge < -0.3 is 55.6 Å². The zero-order valence-corrected chi connectivity index (χ0v) is 22.9. The number of aliphatic hydroxyl groups is 6. The van der Waals surface area contributed by atoms with E-state index in [-0.39, 0.29) is 23.4 Å². The summed E-state index contributed by atoms with van der Waals surface area (Å²) >= 11 is 0. The number of aromatic nitrogens is 4. The van der Waals surface area contributed by atoms with E-state index in [4.69, 9.17) is 20.3 Å². The molecule has 1 saturated carbocycles. The number of phosphoric ester groups is 2. The Morgan fingerprint density at radius 2 is 1.86 bits per heavy atom. The Kier molecular flexibility index (Phi) is 8.51. The fourth-order valence-electron chi connectivity index (χ4n) is 5.00. The van der Waals surface area contributed by atoms with Gasteiger partial charge in [-0.2, -0.15) is 4.31 Å². The molecule has 2 saturated heterocycles. The van der Waals surface area contributed by atoms with Crippen LogP contribution in [-0.2, 0) is 32.0 Å². The Balaban J connectivity index is 1.20. The molecule has 7 unspecified atom stereocenters. The van der Waals surface area contributed by atoms with Gasteiger partial charge in [-0.25, -0.2) is 28.5 Å². The first kappa shape index (κ1) is 31.6. The molecule has 0 bridgehead atoms. The normalized spacial score (nSPS) is 40.2. The largest absolute Gasteiger partial charge is 0.483 e. The summed E-state index contributed by atoms with van der Waals surface area (Å²) in [4.78, 5) is 31.8. The van der Waals surface area contributed by atoms with E-state index < -0.39 is 95.7 Å². The molecule has 20 nitrogen and oxygen atoms in total. The molecule has 2 aromatic rings. The molecule has 13 atom stereocenters. The zero-order valence-electron chi connectivity index (χ0n) is 21.1. The molecule has 0 aromatic carbocycles. The second kappa shape index (κ2) is 11.3. The van der Waals surface area contributed by atoms with E-state index in [1.165, 1.54) is 10.9 Å². The highest BCUT2D eigenvalue weighted by atomic mass is 31.3. The van der Waals surface area contributed by atoms with Crippen molar-refractivity contribution in [2.45, 2.75) is 61.4 Å². The number of aliphatic hydroxyl groups excluding tert-OH is 6. The van der Waals surface area contributed by atoms with Crippen molar-refractivity contribution in [1.29, 1.82) is 0 Å². The second-order valence-corrected chi connectivity index (χ2v) is 12.9. The van der Waals surface area contributed by atoms with E-state index in [1.807, 2.05) is 0 Å². The lowest BCUT2D eigenvalue weighted by atomic mass is 9.96. The topological polar surface area (TPSA) is 312 Å². The second-order valence-electron chi connectivity index (χ2n) is 9.92. The van der Waals surface area contributed by atoms with Gasteiger partial charge in [0.05, 0.1) is 31.6 Å². The third-order valence-electron chi connectivity index (χ3n) is 7.21. The highest BCUT2D eigenvalue weighted by Crippen LogP contribution is 2.66. The van der Waals surface area contributed by atoms with Crippen LogP contribution in [0.5, 0.6) is 0 Å². The SMILES string of the molecule is Nc1ncnc2c1ncn2[C@@H]1OC2(F)C(C[C@@H]1O)[C@H]2COP(=O)(O)OP(=O)(O)O[C@@H]1OC([C@H](O)CO)[C@@H](O)C(O)C1O. The Bertz CT molecular complexity index is 1410. The number of alkyl halides is 1. The van der Waals surface area contributed by atoms with Gasteiger partial charge in [0, 0.05) is 5.92 Å². The van der Waals surface area contributed by atoms with Crippen LogP contribution in [0.1, 0.15) is 12.6 Å². The lowest BCUT2D eigenvalue weighted by Gasteiger charge is -2.41. The van der Waals surface area contributed by atoms with Crippen molar-refractivity contribution in [2.75, 3.05) is 18.9 Å². The van der Waals surface area contributed by atoms with Crippen molar-refractivity contribution in [3.8, 4) is 0 Å². The van der Waals surface area contributed by atoms with Crippen molar-refractivity contribution < 1.29 is 76.8 Å². The predicted molar refractivity (Wildman–Crippen MR) is 129 cm³/mol. The maximum Gasteiger partial charge on any atom is 0.483 e. The number of fused-ring (bicyclic) bond motifs is 2. The van der Waals surface area contributed by atoms with Crippen LogP contribution in [0, 0.1) is 11.8 Å². The quantitative estimate of drug-likeness (QED) is 0.116. The summed E-state index contributed by atoms with van der Waals surface area (Å²) < 4.78 is 65.4. The maximum absolute atomic E-state index is 15.6. The monoisotopic (exact) mass is 647 g/mol. The summed E-state index contributed by atoms with van der Waals surface area (Å²) in [6.45, 7) is -1.86. The summed E-state index contributed by atoms with van der Waals surface area (Å²) in [5.41, 5.74) is 6.08. The van der Waals surface area contributed by atoms with Crippen molar-refractivity contribution in [3.63, 3.8) is 0 Å². The summed E-state index contributed by atoms with van der Waals surface area (Å²) in [5.74, 6) is -4.63. The van der Waals surface area contributed by atoms with Gasteiger partial charge in [0.25, 0.3) is 0 Å². The molecule has 10 N–H and O–H groups in total. The molecule has 4 heterocycles. The number of anilines is 1. The molecule has 236 valence electrons. The average Bonchev–Trinajstić information content (AvgIpc) is 3.24. The number of ether oxygens (including phenoxy) is 2. The van der Waals surface area contributed by atoms with E-state index in [0.717, 1.165) is 6.33 Å². The number of halogens is 1. The summed E-state index contributed by atoms with van der Waals surface area (Å²) in [7, 11) is -11.1. The number of hydrogen-bond donors (Lipinski definition) is 9. The first-order chi connectivity index (χ1) is 19.6. The van der Waals surface area contributed by atoms with E-state index in [0.29, 0.717) is 0 Å². The molecular weight excluding hydrogens is 619 g/mol. The zero-order chi connectivity index (χ0) is 30.8. The number of nitrogen functional groups attached to an aromatic ring is 1. The van der Waals surface area contributed by atoms with Crippen LogP contribution in [0.15, 0.2) is 12.7 Å². The molecule has 0 radical (unpaired) electrons. The Labute approximate surface area is 234 Å². The van der Waals surface area contributed by atoms with Crippen LogP contribution in [-0.4, -0.2) is 122 Å². The van der Waals surface area contributed by atoms with Gasteiger partial charge >= 0.3 is 15.6 Å². The molecule has 2 aliphatic heterocycles. The molecule has 2 aromatic heterocycles. The molecule has 0 amide bonds. The van der Waals surface area contributed by atoms with E-state index in [2.05, 4.69) is 28.3 Å². The fourth-order valence-corrected chi connectivity index (χ4v) is 7.17. The number of phosphoric acid groups is 2. The highest BCUT2D eigenvalue weighted by Gasteiger charge is 2.72. The molecule has 42 heavy (non-hydrogen) atoms. The fraction of sp³-hybridized carbons (Fsp3) is 0.737. The molecule has 5 rings (SSSR count). The number of nitrogens with zero attached hydrogens (tertiary/aromatic N) is 4. The summed E-state index contributed by atoms with van der Waals surface area (Å²) in [5, 5.41) is 59.2. The van der Waals surface area contributed by atoms with Crippen molar-refractivity contribution in [3.05, 3.63) is 12.7 Å². The van der Waals surface area contributed by atoms with Gasteiger partial charge in [0.15, 0.2) is 24.0 Å². The van der Waals surface area contributed by atoms with Crippen LogP contribution in [0.3, 0.4) is 0 Å². The lowest BCUT2D eigenvalue weighted by Crippen LogP contribution is -2.61. The van der Waals surface area contributed by atoms with Gasteiger partial charge in [0.2, 0.25) is 5.85 Å². The molecule has 0 spiro atoms. The van der Waals surface area contributed by atoms with Gasteiger partial charge in [-0.3, -0.25) is 13.6 Å². The molecule has 23 heteroatoms. The smallest absolute Gasteiger partial charge is 0.394 e. The van der Waals surface area contributed by atoms with Crippen LogP contribution in [0.2, 0.25) is 0 Å². The minimum Gasteiger partial charge on any atom is -0.394 e. The first-order valence-corrected chi connectivity index (χ1v) is 15.2. The number of nitrogens with two attached hydrogens (primary N) is 1. The first-order valence-electron chi connectivity index (χ1n) is 12.2. The minimum atomic E-state index is -5.66. The van der Waals surface area contributed by atoms with Gasteiger partial charge in [-0.1, -0.05) is 0 Å². The van der Waals surface area contributed by atoms with Gasteiger partial charge in [-0.15, -0.1) is 0 Å². The number of hydrogen-bond acceptors (Lipinski definition) is 17. The standard InChI is InChI=1S/C19H28FN5O15P2/c20-19-6(1-8(27)17(38-19)25-5-24-10-15(21)22-4-23-16(10)25)7(19)3-36-41(32,33)40-42(34,35)39-18-13(31)11(29)12(30)14(37-18)9(28)2-26/h4-9,11-14,17-18,26-31H,1-3H2,(H,32,33)(H,34,35)(H2,21,22,23)/t6?,7-,8+,9-,11?,12+,13?,14?,17-,18+,19?/m1/s1. The highest BCUT2D eigenvalue weighted by molar-refractivity contribution is 7.61. The Hall–Kier alpha value is -1.78. The van der Waals surface area contributed by atoms with Crippen LogP contribution in [0.25, 0.3) is 11.2 Å². The van der Waals surface area contributed by atoms with E-state index in [1.54, 1.807) is 0 Å². The van der Waals surface area contributed by atoms with Crippen molar-refractivity contribution >= 4 is 32.6 Å². The number of imidazole rings is 1. The predicted octanol–water partition coefficient (Wildman–Crippen LogP) is -2.99. The molecule has 3 aliphatic rings. The summed E-state index contributed by atoms with van der Waals surface area (Å²) in [6, 6.07) is 0. The van der Waals surface area contributed by atoms with Gasteiger partial charge in [-0.05, 0) is 6.42 Å². The molecular formula is C19H28FN5O15P2. The van der Waals surface area contributed by atoms with Crippen LogP contribution in [0.4, 0.5) is 10.2 Å². The summed E-state index contributed by atoms with van der Waals surface area (Å²) in [6.07, 6.45) is -12.6. The Morgan fingerprint density at radius 1 is 1.14 bits per heavy atom. The third kappa shape index (κ3) is 5.84. The van der Waals surface area contributed by atoms with E-state index in [9.17, 15) is 44.4 Å². The van der Waals surface area contributed by atoms with Crippen LogP contribution < -0.4 is 5.73 Å². The molecule has 3 fully saturated rings. The third-order valence-corrected chi connectivity index (χ3v) is 9.81. The van der Waals surface area contributed by atoms with E-state index >= 15 is 4.39 Å². The number of rotatable bonds is 10. The van der Waals surface area contributed by atoms with Crippen molar-refractivity contribution in [2.24, 2.45) is 11.8 Å².